The maximum atomic E-state index is 13.4. The first kappa shape index (κ1) is 10.2. The molecule has 15 heavy (non-hydrogen) atoms. The Labute approximate surface area is 90.8 Å². The fourth-order valence-corrected chi connectivity index (χ4v) is 1.98. The Kier molecular flexibility index (Phi) is 2.75. The Morgan fingerprint density at radius 3 is 2.67 bits per heavy atom. The Morgan fingerprint density at radius 2 is 2.07 bits per heavy atom. The van der Waals surface area contributed by atoms with E-state index in [9.17, 15) is 4.39 Å². The van der Waals surface area contributed by atoms with Crippen molar-refractivity contribution >= 4 is 11.3 Å². The average Bonchev–Trinajstić information content (AvgIpc) is 2.67. The van der Waals surface area contributed by atoms with E-state index >= 15 is 0 Å². The van der Waals surface area contributed by atoms with E-state index in [1.165, 1.54) is 17.4 Å². The molecule has 5 heteroatoms. The molecule has 1 aromatic carbocycles. The molecule has 0 aliphatic heterocycles. The molecule has 0 radical (unpaired) electrons. The van der Waals surface area contributed by atoms with Crippen LogP contribution in [0, 0.1) is 5.82 Å². The van der Waals surface area contributed by atoms with Gasteiger partial charge in [0.2, 0.25) is 0 Å². The van der Waals surface area contributed by atoms with Crippen molar-refractivity contribution < 1.29 is 4.39 Å². The summed E-state index contributed by atoms with van der Waals surface area (Å²) in [6.45, 7) is 1.83. The van der Waals surface area contributed by atoms with E-state index in [0.717, 1.165) is 0 Å². The first-order valence-corrected chi connectivity index (χ1v) is 5.34. The zero-order valence-corrected chi connectivity index (χ0v) is 8.96. The van der Waals surface area contributed by atoms with Crippen LogP contribution >= 0.6 is 11.3 Å². The van der Waals surface area contributed by atoms with Crippen LogP contribution in [-0.2, 0) is 0 Å². The van der Waals surface area contributed by atoms with Gasteiger partial charge in [0, 0.05) is 5.56 Å². The molecule has 0 bridgehead atoms. The van der Waals surface area contributed by atoms with Gasteiger partial charge in [-0.2, -0.15) is 0 Å². The Balaban J connectivity index is 2.42. The van der Waals surface area contributed by atoms with Crippen LogP contribution in [0.5, 0.6) is 0 Å². The van der Waals surface area contributed by atoms with Crippen molar-refractivity contribution in [2.45, 2.75) is 13.0 Å². The largest absolute Gasteiger partial charge is 0.322 e. The van der Waals surface area contributed by atoms with Gasteiger partial charge in [0.1, 0.15) is 10.8 Å². The third-order valence-corrected chi connectivity index (χ3v) is 3.09. The molecule has 0 aliphatic rings. The molecule has 2 rings (SSSR count). The van der Waals surface area contributed by atoms with E-state index in [1.54, 1.807) is 18.2 Å². The molecular formula is C10H10FN3S. The zero-order chi connectivity index (χ0) is 10.8. The van der Waals surface area contributed by atoms with Gasteiger partial charge in [-0.15, -0.1) is 10.2 Å². The van der Waals surface area contributed by atoms with Gasteiger partial charge in [-0.25, -0.2) is 4.39 Å². The monoisotopic (exact) mass is 223 g/mol. The van der Waals surface area contributed by atoms with E-state index in [1.807, 2.05) is 6.92 Å². The predicted molar refractivity (Wildman–Crippen MR) is 57.9 cm³/mol. The first-order valence-electron chi connectivity index (χ1n) is 4.52. The Hall–Kier alpha value is -1.33. The lowest BCUT2D eigenvalue weighted by Crippen LogP contribution is -2.03. The van der Waals surface area contributed by atoms with Gasteiger partial charge in [-0.05, 0) is 19.1 Å². The molecule has 0 saturated heterocycles. The predicted octanol–water partition coefficient (Wildman–Crippen LogP) is 2.36. The second-order valence-electron chi connectivity index (χ2n) is 3.21. The Bertz CT molecular complexity index is 467. The lowest BCUT2D eigenvalue weighted by molar-refractivity contribution is 0.631. The third kappa shape index (κ3) is 2.03. The lowest BCUT2D eigenvalue weighted by Gasteiger charge is -1.96. The molecule has 3 nitrogen and oxygen atoms in total. The number of nitrogens with zero attached hydrogens (tertiary/aromatic N) is 2. The molecule has 0 saturated carbocycles. The highest BCUT2D eigenvalue weighted by molar-refractivity contribution is 7.14. The molecule has 2 N–H and O–H groups in total. The highest BCUT2D eigenvalue weighted by atomic mass is 32.1. The summed E-state index contributed by atoms with van der Waals surface area (Å²) in [6, 6.07) is 6.34. The van der Waals surface area contributed by atoms with Crippen molar-refractivity contribution in [3.05, 3.63) is 35.1 Å². The van der Waals surface area contributed by atoms with Gasteiger partial charge >= 0.3 is 0 Å². The molecule has 1 atom stereocenters. The van der Waals surface area contributed by atoms with Gasteiger partial charge in [-0.3, -0.25) is 0 Å². The fraction of sp³-hybridized carbons (Fsp3) is 0.200. The van der Waals surface area contributed by atoms with Crippen LogP contribution in [0.1, 0.15) is 18.0 Å². The van der Waals surface area contributed by atoms with Crippen LogP contribution in [-0.4, -0.2) is 10.2 Å². The molecule has 78 valence electrons. The zero-order valence-electron chi connectivity index (χ0n) is 8.14. The number of benzene rings is 1. The van der Waals surface area contributed by atoms with Crippen molar-refractivity contribution in [2.75, 3.05) is 0 Å². The summed E-state index contributed by atoms with van der Waals surface area (Å²) in [4.78, 5) is 0. The standard InChI is InChI=1S/C10H10FN3S/c1-6(12)9-13-14-10(15-9)7-4-2-3-5-8(7)11/h2-6H,12H2,1H3/t6-/m0/s1. The maximum absolute atomic E-state index is 13.4. The summed E-state index contributed by atoms with van der Waals surface area (Å²) < 4.78 is 13.4. The molecule has 0 spiro atoms. The van der Waals surface area contributed by atoms with Gasteiger partial charge in [0.25, 0.3) is 0 Å². The van der Waals surface area contributed by atoms with E-state index in [2.05, 4.69) is 10.2 Å². The second-order valence-corrected chi connectivity index (χ2v) is 4.22. The SMILES string of the molecule is C[C@H](N)c1nnc(-c2ccccc2F)s1. The van der Waals surface area contributed by atoms with E-state index < -0.39 is 0 Å². The van der Waals surface area contributed by atoms with E-state index in [-0.39, 0.29) is 11.9 Å². The number of hydrogen-bond donors (Lipinski definition) is 1. The summed E-state index contributed by atoms with van der Waals surface area (Å²) in [6.07, 6.45) is 0. The molecule has 0 fully saturated rings. The van der Waals surface area contributed by atoms with Crippen molar-refractivity contribution in [1.82, 2.24) is 10.2 Å². The number of halogens is 1. The number of nitrogens with two attached hydrogens (primary N) is 1. The quantitative estimate of drug-likeness (QED) is 0.850. The fourth-order valence-electron chi connectivity index (χ4n) is 1.16. The molecule has 0 amide bonds. The second kappa shape index (κ2) is 4.04. The highest BCUT2D eigenvalue weighted by Crippen LogP contribution is 2.27. The van der Waals surface area contributed by atoms with Crippen LogP contribution in [0.25, 0.3) is 10.6 Å². The van der Waals surface area contributed by atoms with Gasteiger partial charge in [0.15, 0.2) is 5.01 Å². The minimum absolute atomic E-state index is 0.164. The maximum Gasteiger partial charge on any atom is 0.150 e. The van der Waals surface area contributed by atoms with Gasteiger partial charge < -0.3 is 5.73 Å². The van der Waals surface area contributed by atoms with Crippen LogP contribution in [0.2, 0.25) is 0 Å². The average molecular weight is 223 g/mol. The lowest BCUT2D eigenvalue weighted by atomic mass is 10.2. The van der Waals surface area contributed by atoms with Crippen molar-refractivity contribution in [3.63, 3.8) is 0 Å². The van der Waals surface area contributed by atoms with Crippen LogP contribution in [0.4, 0.5) is 4.39 Å². The highest BCUT2D eigenvalue weighted by Gasteiger charge is 2.12. The van der Waals surface area contributed by atoms with Crippen molar-refractivity contribution in [2.24, 2.45) is 5.73 Å². The van der Waals surface area contributed by atoms with E-state index in [0.29, 0.717) is 15.6 Å². The summed E-state index contributed by atoms with van der Waals surface area (Å²) in [5.41, 5.74) is 6.13. The van der Waals surface area contributed by atoms with E-state index in [4.69, 9.17) is 5.73 Å². The summed E-state index contributed by atoms with van der Waals surface area (Å²) in [5, 5.41) is 9.11. The molecule has 0 aliphatic carbocycles. The molecule has 0 unspecified atom stereocenters. The van der Waals surface area contributed by atoms with Gasteiger partial charge in [0.05, 0.1) is 6.04 Å². The first-order chi connectivity index (χ1) is 7.18. The van der Waals surface area contributed by atoms with Crippen LogP contribution in [0.15, 0.2) is 24.3 Å². The smallest absolute Gasteiger partial charge is 0.150 e. The van der Waals surface area contributed by atoms with Crippen LogP contribution in [0.3, 0.4) is 0 Å². The summed E-state index contributed by atoms with van der Waals surface area (Å²) in [5.74, 6) is -0.287. The molecule has 2 aromatic rings. The molecule has 1 aromatic heterocycles. The normalized spacial score (nSPS) is 12.7. The van der Waals surface area contributed by atoms with Crippen molar-refractivity contribution in [3.8, 4) is 10.6 Å². The Morgan fingerprint density at radius 1 is 1.33 bits per heavy atom. The minimum atomic E-state index is -0.287. The summed E-state index contributed by atoms with van der Waals surface area (Å²) >= 11 is 1.32. The third-order valence-electron chi connectivity index (χ3n) is 1.93. The van der Waals surface area contributed by atoms with Gasteiger partial charge in [-0.1, -0.05) is 23.5 Å². The van der Waals surface area contributed by atoms with Crippen molar-refractivity contribution in [1.29, 1.82) is 0 Å². The van der Waals surface area contributed by atoms with Crippen LogP contribution < -0.4 is 5.73 Å². The molecular weight excluding hydrogens is 213 g/mol. The number of rotatable bonds is 2. The number of aromatic nitrogens is 2. The summed E-state index contributed by atoms with van der Waals surface area (Å²) in [7, 11) is 0. The molecule has 1 heterocycles. The topological polar surface area (TPSA) is 51.8 Å². The minimum Gasteiger partial charge on any atom is -0.322 e. The number of hydrogen-bond acceptors (Lipinski definition) is 4.